The third kappa shape index (κ3) is 44.3. The first-order valence-electron chi connectivity index (χ1n) is 24.2. The average molecular weight is 799 g/mol. The maximum absolute atomic E-state index is 12.7. The molecule has 57 heavy (non-hydrogen) atoms. The van der Waals surface area contributed by atoms with Crippen LogP contribution in [0.1, 0.15) is 239 Å². The van der Waals surface area contributed by atoms with Gasteiger partial charge in [0.05, 0.1) is 0 Å². The fraction of sp³-hybridized carbons (Fsp3) is 0.784. The van der Waals surface area contributed by atoms with Crippen LogP contribution in [0.5, 0.6) is 0 Å². The molecule has 0 aromatic heterocycles. The smallest absolute Gasteiger partial charge is 0.306 e. The number of esters is 3. The zero-order valence-corrected chi connectivity index (χ0v) is 37.6. The summed E-state index contributed by atoms with van der Waals surface area (Å²) in [5, 5.41) is 0. The lowest BCUT2D eigenvalue weighted by Crippen LogP contribution is -2.30. The number of allylic oxidation sites excluding steroid dienone is 8. The predicted octanol–water partition coefficient (Wildman–Crippen LogP) is 15.5. The van der Waals surface area contributed by atoms with Crippen LogP contribution in [-0.2, 0) is 28.6 Å². The number of hydrogen-bond acceptors (Lipinski definition) is 6. The summed E-state index contributed by atoms with van der Waals surface area (Å²) in [7, 11) is 0. The van der Waals surface area contributed by atoms with E-state index in [1.54, 1.807) is 0 Å². The maximum Gasteiger partial charge on any atom is 0.306 e. The van der Waals surface area contributed by atoms with Crippen LogP contribution in [0.15, 0.2) is 48.6 Å². The van der Waals surface area contributed by atoms with Crippen LogP contribution in [0.3, 0.4) is 0 Å². The first kappa shape index (κ1) is 54.4. The molecule has 330 valence electrons. The molecule has 0 saturated heterocycles. The number of carbonyl (C=O) groups is 3. The van der Waals surface area contributed by atoms with Crippen LogP contribution >= 0.6 is 0 Å². The van der Waals surface area contributed by atoms with Crippen molar-refractivity contribution in [1.29, 1.82) is 0 Å². The van der Waals surface area contributed by atoms with Gasteiger partial charge >= 0.3 is 17.9 Å². The van der Waals surface area contributed by atoms with Crippen molar-refractivity contribution >= 4 is 17.9 Å². The summed E-state index contributed by atoms with van der Waals surface area (Å²) in [6, 6.07) is 0. The van der Waals surface area contributed by atoms with Crippen LogP contribution in [0.2, 0.25) is 0 Å². The van der Waals surface area contributed by atoms with E-state index < -0.39 is 6.10 Å². The van der Waals surface area contributed by atoms with Gasteiger partial charge in [-0.05, 0) is 38.5 Å². The molecular formula is C51H90O6. The van der Waals surface area contributed by atoms with Crippen LogP contribution in [-0.4, -0.2) is 37.2 Å². The maximum atomic E-state index is 12.7. The number of ether oxygens (including phenoxy) is 3. The Balaban J connectivity index is 4.42. The third-order valence-corrected chi connectivity index (χ3v) is 10.4. The van der Waals surface area contributed by atoms with Gasteiger partial charge in [0, 0.05) is 19.3 Å². The largest absolute Gasteiger partial charge is 0.462 e. The van der Waals surface area contributed by atoms with E-state index in [1.165, 1.54) is 128 Å². The monoisotopic (exact) mass is 799 g/mol. The third-order valence-electron chi connectivity index (χ3n) is 10.4. The van der Waals surface area contributed by atoms with Crippen LogP contribution in [0, 0.1) is 0 Å². The Hall–Kier alpha value is -2.63. The van der Waals surface area contributed by atoms with Crippen LogP contribution < -0.4 is 0 Å². The van der Waals surface area contributed by atoms with E-state index >= 15 is 0 Å². The van der Waals surface area contributed by atoms with Crippen molar-refractivity contribution in [3.05, 3.63) is 48.6 Å². The molecule has 0 saturated carbocycles. The molecular weight excluding hydrogens is 709 g/mol. The first-order chi connectivity index (χ1) is 28.0. The summed E-state index contributed by atoms with van der Waals surface area (Å²) in [5.74, 6) is -0.917. The van der Waals surface area contributed by atoms with Crippen molar-refractivity contribution < 1.29 is 28.6 Å². The lowest BCUT2D eigenvalue weighted by molar-refractivity contribution is -0.167. The Labute approximate surface area is 352 Å². The highest BCUT2D eigenvalue weighted by molar-refractivity contribution is 5.71. The second-order valence-electron chi connectivity index (χ2n) is 16.1. The van der Waals surface area contributed by atoms with Gasteiger partial charge in [0.1, 0.15) is 13.2 Å². The van der Waals surface area contributed by atoms with E-state index in [0.717, 1.165) is 70.6 Å². The normalized spacial score (nSPS) is 12.4. The Morgan fingerprint density at radius 2 is 0.684 bits per heavy atom. The topological polar surface area (TPSA) is 78.9 Å². The minimum atomic E-state index is -0.783. The molecule has 0 amide bonds. The summed E-state index contributed by atoms with van der Waals surface area (Å²) >= 11 is 0. The molecule has 0 aliphatic heterocycles. The van der Waals surface area contributed by atoms with Gasteiger partial charge < -0.3 is 14.2 Å². The second kappa shape index (κ2) is 46.1. The quantitative estimate of drug-likeness (QED) is 0.0265. The number of unbranched alkanes of at least 4 members (excludes halogenated alkanes) is 27. The molecule has 1 atom stereocenters. The van der Waals surface area contributed by atoms with Gasteiger partial charge in [-0.25, -0.2) is 0 Å². The van der Waals surface area contributed by atoms with Crippen molar-refractivity contribution in [2.75, 3.05) is 13.2 Å². The van der Waals surface area contributed by atoms with Gasteiger partial charge in [-0.2, -0.15) is 0 Å². The molecule has 1 unspecified atom stereocenters. The van der Waals surface area contributed by atoms with Crippen molar-refractivity contribution in [3.63, 3.8) is 0 Å². The molecule has 0 aliphatic carbocycles. The number of carbonyl (C=O) groups excluding carboxylic acids is 3. The first-order valence-corrected chi connectivity index (χ1v) is 24.2. The highest BCUT2D eigenvalue weighted by Crippen LogP contribution is 2.15. The van der Waals surface area contributed by atoms with Gasteiger partial charge in [-0.1, -0.05) is 230 Å². The zero-order valence-electron chi connectivity index (χ0n) is 37.6. The van der Waals surface area contributed by atoms with E-state index in [4.69, 9.17) is 14.2 Å². The number of rotatable bonds is 43. The Morgan fingerprint density at radius 1 is 0.368 bits per heavy atom. The van der Waals surface area contributed by atoms with Gasteiger partial charge in [0.25, 0.3) is 0 Å². The molecule has 0 heterocycles. The molecule has 6 heteroatoms. The molecule has 0 rings (SSSR count). The van der Waals surface area contributed by atoms with Gasteiger partial charge in [-0.3, -0.25) is 14.4 Å². The summed E-state index contributed by atoms with van der Waals surface area (Å²) in [5.41, 5.74) is 0. The van der Waals surface area contributed by atoms with Crippen molar-refractivity contribution in [2.24, 2.45) is 0 Å². The van der Waals surface area contributed by atoms with E-state index in [2.05, 4.69) is 39.0 Å². The minimum Gasteiger partial charge on any atom is -0.462 e. The lowest BCUT2D eigenvalue weighted by Gasteiger charge is -2.18. The average Bonchev–Trinajstić information content (AvgIpc) is 3.21. The molecule has 6 nitrogen and oxygen atoms in total. The highest BCUT2D eigenvalue weighted by Gasteiger charge is 2.19. The molecule has 0 fully saturated rings. The van der Waals surface area contributed by atoms with Gasteiger partial charge in [-0.15, -0.1) is 0 Å². The molecule has 0 aliphatic rings. The Bertz CT molecular complexity index is 1010. The number of hydrogen-bond donors (Lipinski definition) is 0. The summed E-state index contributed by atoms with van der Waals surface area (Å²) in [6.45, 7) is 6.47. The standard InChI is InChI=1S/C51H90O6/c1-4-7-10-13-16-19-22-25-28-31-34-37-40-43-49(52)55-46-48(57-51(54)45-42-39-36-33-30-27-24-21-18-15-12-9-6-3)47-56-50(53)44-41-38-35-32-29-26-23-20-17-14-11-8-5-2/h7,10,13,16,19,22,25,28,48H,4-6,8-9,11-12,14-15,17-18,20-21,23-24,26-27,29-47H2,1-3H3/b10-7+,16-13+,22-19+,28-25+. The molecule has 0 aromatic rings. The van der Waals surface area contributed by atoms with Crippen molar-refractivity contribution in [1.82, 2.24) is 0 Å². The van der Waals surface area contributed by atoms with Crippen molar-refractivity contribution in [2.45, 2.75) is 245 Å². The van der Waals surface area contributed by atoms with E-state index in [9.17, 15) is 14.4 Å². The molecule has 0 radical (unpaired) electrons. The lowest BCUT2D eigenvalue weighted by atomic mass is 10.0. The van der Waals surface area contributed by atoms with Crippen LogP contribution in [0.4, 0.5) is 0 Å². The Morgan fingerprint density at radius 3 is 1.07 bits per heavy atom. The zero-order chi connectivity index (χ0) is 41.5. The minimum absolute atomic E-state index is 0.0824. The van der Waals surface area contributed by atoms with Crippen LogP contribution in [0.25, 0.3) is 0 Å². The predicted molar refractivity (Wildman–Crippen MR) is 242 cm³/mol. The van der Waals surface area contributed by atoms with E-state index in [1.807, 2.05) is 30.4 Å². The fourth-order valence-corrected chi connectivity index (χ4v) is 6.81. The Kier molecular flexibility index (Phi) is 43.9. The van der Waals surface area contributed by atoms with Crippen molar-refractivity contribution in [3.8, 4) is 0 Å². The summed E-state index contributed by atoms with van der Waals surface area (Å²) in [6.07, 6.45) is 53.7. The molecule has 0 aromatic carbocycles. The van der Waals surface area contributed by atoms with Gasteiger partial charge in [0.2, 0.25) is 0 Å². The van der Waals surface area contributed by atoms with Gasteiger partial charge in [0.15, 0.2) is 6.10 Å². The molecule has 0 spiro atoms. The fourth-order valence-electron chi connectivity index (χ4n) is 6.81. The SMILES string of the molecule is CC/C=C/C=C/C=C/C=C/CCCCCC(=O)OCC(COC(=O)CCCCCCCCCCCCCCC)OC(=O)CCCCCCCCCCCCCCC. The van der Waals surface area contributed by atoms with E-state index in [-0.39, 0.29) is 31.1 Å². The van der Waals surface area contributed by atoms with E-state index in [0.29, 0.717) is 19.3 Å². The highest BCUT2D eigenvalue weighted by atomic mass is 16.6. The molecule has 0 bridgehead atoms. The molecule has 0 N–H and O–H groups in total. The second-order valence-corrected chi connectivity index (χ2v) is 16.1. The summed E-state index contributed by atoms with van der Waals surface area (Å²) in [4.78, 5) is 37.8. The summed E-state index contributed by atoms with van der Waals surface area (Å²) < 4.78 is 16.7.